The van der Waals surface area contributed by atoms with Crippen LogP contribution in [0.5, 0.6) is 0 Å². The zero-order chi connectivity index (χ0) is 20.9. The van der Waals surface area contributed by atoms with Crippen LogP contribution in [0.1, 0.15) is 43.1 Å². The van der Waals surface area contributed by atoms with Crippen LogP contribution in [0, 0.1) is 0 Å². The topological polar surface area (TPSA) is 65.5 Å². The Bertz CT molecular complexity index is 820. The van der Waals surface area contributed by atoms with Crippen molar-refractivity contribution in [1.82, 2.24) is 15.2 Å². The van der Waals surface area contributed by atoms with E-state index in [0.717, 1.165) is 18.9 Å². The molecule has 1 aromatic heterocycles. The number of hydrogen-bond acceptors (Lipinski definition) is 4. The minimum absolute atomic E-state index is 0.0576. The lowest BCUT2D eigenvalue weighted by Gasteiger charge is -2.35. The zero-order valence-electron chi connectivity index (χ0n) is 17.5. The van der Waals surface area contributed by atoms with Crippen LogP contribution < -0.4 is 10.2 Å². The van der Waals surface area contributed by atoms with Crippen molar-refractivity contribution in [1.29, 1.82) is 0 Å². The molecule has 1 fully saturated rings. The summed E-state index contributed by atoms with van der Waals surface area (Å²) < 4.78 is 0. The smallest absolute Gasteiger partial charge is 0.251 e. The molecule has 0 spiro atoms. The van der Waals surface area contributed by atoms with E-state index < -0.39 is 0 Å². The van der Waals surface area contributed by atoms with E-state index in [4.69, 9.17) is 0 Å². The third kappa shape index (κ3) is 5.56. The highest BCUT2D eigenvalue weighted by molar-refractivity contribution is 5.94. The third-order valence-electron chi connectivity index (χ3n) is 5.24. The number of hydrogen-bond donors (Lipinski definition) is 1. The average molecular weight is 395 g/mol. The first-order chi connectivity index (χ1) is 13.8. The molecule has 6 nitrogen and oxygen atoms in total. The van der Waals surface area contributed by atoms with Gasteiger partial charge < -0.3 is 15.1 Å². The molecule has 2 heterocycles. The molecule has 29 heavy (non-hydrogen) atoms. The molecule has 2 amide bonds. The number of anilines is 1. The van der Waals surface area contributed by atoms with Gasteiger partial charge in [-0.2, -0.15) is 0 Å². The van der Waals surface area contributed by atoms with E-state index in [0.29, 0.717) is 31.6 Å². The van der Waals surface area contributed by atoms with Crippen molar-refractivity contribution in [3.63, 3.8) is 0 Å². The summed E-state index contributed by atoms with van der Waals surface area (Å²) >= 11 is 0. The van der Waals surface area contributed by atoms with Gasteiger partial charge in [0.1, 0.15) is 5.82 Å². The van der Waals surface area contributed by atoms with Crippen LogP contribution in [-0.4, -0.2) is 54.4 Å². The summed E-state index contributed by atoms with van der Waals surface area (Å²) in [6.07, 6.45) is 2.10. The molecule has 3 rings (SSSR count). The Morgan fingerprint density at radius 2 is 1.69 bits per heavy atom. The number of nitrogens with zero attached hydrogens (tertiary/aromatic N) is 3. The number of amides is 2. The molecular formula is C23H30N4O2. The summed E-state index contributed by atoms with van der Waals surface area (Å²) in [4.78, 5) is 33.2. The Morgan fingerprint density at radius 3 is 2.28 bits per heavy atom. The third-order valence-corrected chi connectivity index (χ3v) is 5.24. The molecule has 2 aromatic rings. The van der Waals surface area contributed by atoms with Gasteiger partial charge in [0.05, 0.1) is 0 Å². The lowest BCUT2D eigenvalue weighted by molar-refractivity contribution is -0.131. The van der Waals surface area contributed by atoms with Crippen molar-refractivity contribution in [2.45, 2.75) is 32.6 Å². The number of carbonyl (C=O) groups is 2. The molecule has 0 aliphatic carbocycles. The van der Waals surface area contributed by atoms with Gasteiger partial charge in [0, 0.05) is 50.9 Å². The van der Waals surface area contributed by atoms with E-state index >= 15 is 0 Å². The van der Waals surface area contributed by atoms with Crippen LogP contribution in [0.3, 0.4) is 0 Å². The Balaban J connectivity index is 1.41. The maximum Gasteiger partial charge on any atom is 0.251 e. The van der Waals surface area contributed by atoms with Gasteiger partial charge in [-0.3, -0.25) is 9.59 Å². The Kier molecular flexibility index (Phi) is 6.52. The molecule has 0 bridgehead atoms. The van der Waals surface area contributed by atoms with E-state index in [2.05, 4.69) is 36.0 Å². The van der Waals surface area contributed by atoms with Crippen LogP contribution >= 0.6 is 0 Å². The quantitative estimate of drug-likeness (QED) is 0.847. The van der Waals surface area contributed by atoms with Crippen molar-refractivity contribution < 1.29 is 9.59 Å². The first-order valence-corrected chi connectivity index (χ1v) is 10.2. The SMILES string of the molecule is CC(C)(C)c1ccc(C(=O)NCCC(=O)N2CCN(c3ccccn3)CC2)cc1. The highest BCUT2D eigenvalue weighted by atomic mass is 16.2. The van der Waals surface area contributed by atoms with Gasteiger partial charge in [-0.15, -0.1) is 0 Å². The molecule has 0 saturated carbocycles. The Hall–Kier alpha value is -2.89. The molecule has 154 valence electrons. The van der Waals surface area contributed by atoms with Crippen LogP contribution in [0.25, 0.3) is 0 Å². The van der Waals surface area contributed by atoms with Gasteiger partial charge in [-0.25, -0.2) is 4.98 Å². The number of piperazine rings is 1. The molecule has 6 heteroatoms. The minimum atomic E-state index is -0.141. The number of benzene rings is 1. The van der Waals surface area contributed by atoms with Crippen molar-refractivity contribution in [3.05, 3.63) is 59.8 Å². The number of rotatable bonds is 5. The lowest BCUT2D eigenvalue weighted by atomic mass is 9.87. The van der Waals surface area contributed by atoms with Gasteiger partial charge >= 0.3 is 0 Å². The van der Waals surface area contributed by atoms with Gasteiger partial charge in [0.25, 0.3) is 5.91 Å². The molecule has 1 aromatic carbocycles. The standard InChI is InChI=1S/C23H30N4O2/c1-23(2,3)19-9-7-18(8-10-19)22(29)25-13-11-21(28)27-16-14-26(15-17-27)20-6-4-5-12-24-20/h4-10,12H,11,13-17H2,1-3H3,(H,25,29). The summed E-state index contributed by atoms with van der Waals surface area (Å²) in [6.45, 7) is 9.68. The summed E-state index contributed by atoms with van der Waals surface area (Å²) in [5.41, 5.74) is 1.87. The van der Waals surface area contributed by atoms with Crippen molar-refractivity contribution in [2.75, 3.05) is 37.6 Å². The predicted molar refractivity (Wildman–Crippen MR) is 115 cm³/mol. The fourth-order valence-electron chi connectivity index (χ4n) is 3.39. The zero-order valence-corrected chi connectivity index (χ0v) is 17.5. The number of aromatic nitrogens is 1. The number of pyridine rings is 1. The van der Waals surface area contributed by atoms with E-state index in [1.807, 2.05) is 47.4 Å². The van der Waals surface area contributed by atoms with E-state index in [-0.39, 0.29) is 17.2 Å². The van der Waals surface area contributed by atoms with Crippen molar-refractivity contribution in [2.24, 2.45) is 0 Å². The fraction of sp³-hybridized carbons (Fsp3) is 0.435. The molecule has 1 saturated heterocycles. The fourth-order valence-corrected chi connectivity index (χ4v) is 3.39. The summed E-state index contributed by atoms with van der Waals surface area (Å²) in [6, 6.07) is 13.5. The van der Waals surface area contributed by atoms with Crippen molar-refractivity contribution >= 4 is 17.6 Å². The van der Waals surface area contributed by atoms with Crippen LogP contribution in [0.2, 0.25) is 0 Å². The second-order valence-corrected chi connectivity index (χ2v) is 8.39. The van der Waals surface area contributed by atoms with Gasteiger partial charge in [-0.1, -0.05) is 39.0 Å². The predicted octanol–water partition coefficient (Wildman–Crippen LogP) is 2.85. The van der Waals surface area contributed by atoms with E-state index in [9.17, 15) is 9.59 Å². The summed E-state index contributed by atoms with van der Waals surface area (Å²) in [5.74, 6) is 0.886. The second kappa shape index (κ2) is 9.07. The molecule has 0 radical (unpaired) electrons. The van der Waals surface area contributed by atoms with Crippen LogP contribution in [-0.2, 0) is 10.2 Å². The average Bonchev–Trinajstić information content (AvgIpc) is 2.74. The molecule has 0 atom stereocenters. The van der Waals surface area contributed by atoms with Crippen molar-refractivity contribution in [3.8, 4) is 0 Å². The monoisotopic (exact) mass is 394 g/mol. The van der Waals surface area contributed by atoms with E-state index in [1.54, 1.807) is 6.20 Å². The maximum atomic E-state index is 12.5. The largest absolute Gasteiger partial charge is 0.353 e. The van der Waals surface area contributed by atoms with Crippen LogP contribution in [0.15, 0.2) is 48.7 Å². The highest BCUT2D eigenvalue weighted by Crippen LogP contribution is 2.22. The summed E-state index contributed by atoms with van der Waals surface area (Å²) in [7, 11) is 0. The summed E-state index contributed by atoms with van der Waals surface area (Å²) in [5, 5.41) is 2.85. The second-order valence-electron chi connectivity index (χ2n) is 8.39. The van der Waals surface area contributed by atoms with Gasteiger partial charge in [0.15, 0.2) is 0 Å². The van der Waals surface area contributed by atoms with Gasteiger partial charge in [-0.05, 0) is 35.2 Å². The Morgan fingerprint density at radius 1 is 1.00 bits per heavy atom. The number of carbonyl (C=O) groups excluding carboxylic acids is 2. The molecular weight excluding hydrogens is 364 g/mol. The molecule has 1 N–H and O–H groups in total. The molecule has 1 aliphatic rings. The normalized spacial score (nSPS) is 14.6. The Labute approximate surface area is 172 Å². The van der Waals surface area contributed by atoms with E-state index in [1.165, 1.54) is 5.56 Å². The maximum absolute atomic E-state index is 12.5. The highest BCUT2D eigenvalue weighted by Gasteiger charge is 2.21. The first kappa shape index (κ1) is 20.8. The number of nitrogens with one attached hydrogen (secondary N) is 1. The lowest BCUT2D eigenvalue weighted by Crippen LogP contribution is -2.49. The first-order valence-electron chi connectivity index (χ1n) is 10.2. The van der Waals surface area contributed by atoms with Gasteiger partial charge in [0.2, 0.25) is 5.91 Å². The molecule has 1 aliphatic heterocycles. The molecule has 0 unspecified atom stereocenters. The van der Waals surface area contributed by atoms with Crippen LogP contribution in [0.4, 0.5) is 5.82 Å². The minimum Gasteiger partial charge on any atom is -0.353 e.